The van der Waals surface area contributed by atoms with Gasteiger partial charge in [-0.2, -0.15) is 0 Å². The monoisotopic (exact) mass is 225 g/mol. The molecule has 0 atom stereocenters. The average Bonchev–Trinajstić information content (AvgIpc) is 2.17. The Bertz CT molecular complexity index is 406. The Morgan fingerprint density at radius 2 is 2.27 bits per heavy atom. The Labute approximate surface area is 91.3 Å². The summed E-state index contributed by atoms with van der Waals surface area (Å²) in [4.78, 5) is 11.9. The Balaban J connectivity index is 2.39. The number of thioether (sulfide) groups is 1. The molecule has 1 aromatic rings. The lowest BCUT2D eigenvalue weighted by Gasteiger charge is -2.18. The molecule has 5 heteroatoms. The number of aliphatic hydroxyl groups excluding tert-OH is 1. The number of aromatic hydroxyl groups is 1. The molecule has 0 radical (unpaired) electrons. The maximum absolute atomic E-state index is 11.2. The van der Waals surface area contributed by atoms with Gasteiger partial charge in [0.05, 0.1) is 12.2 Å². The van der Waals surface area contributed by atoms with Crippen molar-refractivity contribution in [2.75, 3.05) is 18.5 Å². The number of nitrogens with one attached hydrogen (secondary N) is 1. The van der Waals surface area contributed by atoms with Gasteiger partial charge in [0.15, 0.2) is 0 Å². The molecule has 3 N–H and O–H groups in total. The number of rotatable bonds is 2. The van der Waals surface area contributed by atoms with Crippen LogP contribution in [0.5, 0.6) is 5.75 Å². The van der Waals surface area contributed by atoms with Crippen molar-refractivity contribution in [2.45, 2.75) is 11.3 Å². The number of phenolic OH excluding ortho intramolecular Hbond substituents is 1. The molecule has 0 bridgehead atoms. The molecule has 80 valence electrons. The van der Waals surface area contributed by atoms with Crippen molar-refractivity contribution in [1.29, 1.82) is 0 Å². The van der Waals surface area contributed by atoms with Gasteiger partial charge in [-0.1, -0.05) is 0 Å². The molecular weight excluding hydrogens is 214 g/mol. The maximum Gasteiger partial charge on any atom is 0.212 e. The summed E-state index contributed by atoms with van der Waals surface area (Å²) in [6, 6.07) is 3.43. The summed E-state index contributed by atoms with van der Waals surface area (Å²) in [5, 5.41) is 21.4. The normalized spacial score (nSPS) is 14.6. The number of fused-ring (bicyclic) bond motifs is 1. The van der Waals surface area contributed by atoms with Crippen LogP contribution in [-0.4, -0.2) is 28.5 Å². The van der Waals surface area contributed by atoms with Crippen LogP contribution in [0.4, 0.5) is 5.69 Å². The number of carbonyl (C=O) groups excluding carboxylic acids is 1. The fraction of sp³-hybridized carbons (Fsp3) is 0.300. The summed E-state index contributed by atoms with van der Waals surface area (Å²) in [5.41, 5.74) is 1.44. The molecule has 1 aliphatic rings. The molecule has 1 aliphatic heterocycles. The van der Waals surface area contributed by atoms with Gasteiger partial charge < -0.3 is 15.5 Å². The second-order valence-electron chi connectivity index (χ2n) is 3.29. The molecule has 1 aromatic carbocycles. The minimum atomic E-state index is 0.0306. The molecule has 0 amide bonds. The Morgan fingerprint density at radius 3 is 3.00 bits per heavy atom. The number of hydrogen-bond acceptors (Lipinski definition) is 5. The van der Waals surface area contributed by atoms with Gasteiger partial charge in [-0.15, -0.1) is 0 Å². The van der Waals surface area contributed by atoms with Crippen LogP contribution in [0.3, 0.4) is 0 Å². The molecule has 15 heavy (non-hydrogen) atoms. The first kappa shape index (κ1) is 10.3. The van der Waals surface area contributed by atoms with E-state index in [9.17, 15) is 9.90 Å². The first-order valence-corrected chi connectivity index (χ1v) is 5.43. The highest BCUT2D eigenvalue weighted by Gasteiger charge is 2.19. The van der Waals surface area contributed by atoms with Crippen LogP contribution < -0.4 is 5.32 Å². The van der Waals surface area contributed by atoms with Gasteiger partial charge in [-0.05, 0) is 35.9 Å². The van der Waals surface area contributed by atoms with Crippen molar-refractivity contribution in [2.24, 2.45) is 0 Å². The van der Waals surface area contributed by atoms with E-state index in [4.69, 9.17) is 5.11 Å². The molecule has 2 rings (SSSR count). The zero-order valence-corrected chi connectivity index (χ0v) is 8.80. The number of aliphatic hydroxyl groups is 1. The first-order valence-electron chi connectivity index (χ1n) is 4.62. The maximum atomic E-state index is 11.2. The van der Waals surface area contributed by atoms with E-state index in [1.165, 1.54) is 0 Å². The smallest absolute Gasteiger partial charge is 0.212 e. The van der Waals surface area contributed by atoms with Gasteiger partial charge in [0.1, 0.15) is 5.75 Å². The Morgan fingerprint density at radius 1 is 1.47 bits per heavy atom. The zero-order chi connectivity index (χ0) is 10.8. The van der Waals surface area contributed by atoms with Gasteiger partial charge in [0.25, 0.3) is 0 Å². The van der Waals surface area contributed by atoms with Crippen LogP contribution in [0, 0.1) is 0 Å². The van der Waals surface area contributed by atoms with E-state index >= 15 is 0 Å². The quantitative estimate of drug-likeness (QED) is 0.654. The number of carbonyl (C=O) groups is 1. The van der Waals surface area contributed by atoms with Gasteiger partial charge in [0.2, 0.25) is 5.12 Å². The highest BCUT2D eigenvalue weighted by molar-refractivity contribution is 8.14. The van der Waals surface area contributed by atoms with E-state index in [-0.39, 0.29) is 24.0 Å². The molecule has 0 saturated carbocycles. The highest BCUT2D eigenvalue weighted by Crippen LogP contribution is 2.39. The summed E-state index contributed by atoms with van der Waals surface area (Å²) in [7, 11) is 0. The van der Waals surface area contributed by atoms with E-state index in [1.54, 1.807) is 6.07 Å². The third kappa shape index (κ3) is 2.08. The molecule has 1 heterocycles. The van der Waals surface area contributed by atoms with Crippen LogP contribution in [0.15, 0.2) is 17.0 Å². The molecule has 0 spiro atoms. The molecule has 0 unspecified atom stereocenters. The summed E-state index contributed by atoms with van der Waals surface area (Å²) >= 11 is 1.12. The number of anilines is 1. The molecule has 0 fully saturated rings. The average molecular weight is 225 g/mol. The minimum Gasteiger partial charge on any atom is -0.506 e. The summed E-state index contributed by atoms with van der Waals surface area (Å²) in [6.45, 7) is 0.273. The van der Waals surface area contributed by atoms with E-state index in [0.29, 0.717) is 12.1 Å². The second kappa shape index (κ2) is 4.12. The lowest BCUT2D eigenvalue weighted by molar-refractivity contribution is -0.109. The fourth-order valence-corrected chi connectivity index (χ4v) is 2.39. The number of benzene rings is 1. The van der Waals surface area contributed by atoms with E-state index in [2.05, 4.69) is 5.32 Å². The fourth-order valence-electron chi connectivity index (χ4n) is 1.51. The number of phenols is 1. The Kier molecular flexibility index (Phi) is 2.83. The van der Waals surface area contributed by atoms with Gasteiger partial charge in [-0.3, -0.25) is 4.79 Å². The SMILES string of the molecule is O=C1CNc2c(O)cc(CCO)cc2S1. The third-order valence-electron chi connectivity index (χ3n) is 2.17. The summed E-state index contributed by atoms with van der Waals surface area (Å²) < 4.78 is 0. The lowest BCUT2D eigenvalue weighted by atomic mass is 10.1. The summed E-state index contributed by atoms with van der Waals surface area (Å²) in [5.74, 6) is 0.135. The molecule has 0 saturated heterocycles. The number of hydrogen-bond donors (Lipinski definition) is 3. The predicted octanol–water partition coefficient (Wildman–Crippen LogP) is 0.971. The largest absolute Gasteiger partial charge is 0.506 e. The third-order valence-corrected chi connectivity index (χ3v) is 3.09. The minimum absolute atomic E-state index is 0.0306. The van der Waals surface area contributed by atoms with Crippen LogP contribution >= 0.6 is 11.8 Å². The molecular formula is C10H11NO3S. The van der Waals surface area contributed by atoms with Crippen molar-refractivity contribution in [3.05, 3.63) is 17.7 Å². The van der Waals surface area contributed by atoms with Gasteiger partial charge >= 0.3 is 0 Å². The van der Waals surface area contributed by atoms with Crippen LogP contribution in [0.2, 0.25) is 0 Å². The Hall–Kier alpha value is -1.20. The standard InChI is InChI=1S/C10H11NO3S/c12-2-1-6-3-7(13)10-8(4-6)15-9(14)5-11-10/h3-4,11-13H,1-2,5H2. The van der Waals surface area contributed by atoms with Crippen LogP contribution in [0.1, 0.15) is 5.56 Å². The second-order valence-corrected chi connectivity index (χ2v) is 4.39. The van der Waals surface area contributed by atoms with E-state index < -0.39 is 0 Å². The topological polar surface area (TPSA) is 69.6 Å². The van der Waals surface area contributed by atoms with Crippen molar-refractivity contribution >= 4 is 22.6 Å². The van der Waals surface area contributed by atoms with E-state index in [1.807, 2.05) is 6.07 Å². The summed E-state index contributed by atoms with van der Waals surface area (Å²) in [6.07, 6.45) is 0.482. The van der Waals surface area contributed by atoms with Crippen molar-refractivity contribution in [3.8, 4) is 5.75 Å². The van der Waals surface area contributed by atoms with Crippen molar-refractivity contribution in [3.63, 3.8) is 0 Å². The molecule has 4 nitrogen and oxygen atoms in total. The highest BCUT2D eigenvalue weighted by atomic mass is 32.2. The molecule has 0 aromatic heterocycles. The molecule has 0 aliphatic carbocycles. The zero-order valence-electron chi connectivity index (χ0n) is 7.99. The lowest BCUT2D eigenvalue weighted by Crippen LogP contribution is -2.16. The van der Waals surface area contributed by atoms with Crippen LogP contribution in [0.25, 0.3) is 0 Å². The van der Waals surface area contributed by atoms with Gasteiger partial charge in [-0.25, -0.2) is 0 Å². The van der Waals surface area contributed by atoms with Crippen molar-refractivity contribution in [1.82, 2.24) is 0 Å². The first-order chi connectivity index (χ1) is 7.20. The van der Waals surface area contributed by atoms with Crippen molar-refractivity contribution < 1.29 is 15.0 Å². The van der Waals surface area contributed by atoms with Gasteiger partial charge in [0, 0.05) is 11.5 Å². The predicted molar refractivity (Wildman–Crippen MR) is 58.3 cm³/mol. The van der Waals surface area contributed by atoms with E-state index in [0.717, 1.165) is 22.2 Å². The van der Waals surface area contributed by atoms with Crippen LogP contribution in [-0.2, 0) is 11.2 Å².